The number of aromatic nitrogens is 1. The molecule has 9 heteroatoms. The predicted octanol–water partition coefficient (Wildman–Crippen LogP) is 2.40. The van der Waals surface area contributed by atoms with Crippen molar-refractivity contribution in [1.82, 2.24) is 9.40 Å². The van der Waals surface area contributed by atoms with Crippen molar-refractivity contribution in [3.8, 4) is 0 Å². The Hall–Kier alpha value is -3.20. The highest BCUT2D eigenvalue weighted by Gasteiger charge is 2.16. The van der Waals surface area contributed by atoms with Crippen molar-refractivity contribution in [3.63, 3.8) is 0 Å². The zero-order chi connectivity index (χ0) is 18.0. The molecule has 0 bridgehead atoms. The second-order valence-corrected chi connectivity index (χ2v) is 6.98. The van der Waals surface area contributed by atoms with E-state index in [1.807, 2.05) is 42.1 Å². The van der Waals surface area contributed by atoms with Gasteiger partial charge in [0.15, 0.2) is 0 Å². The van der Waals surface area contributed by atoms with Gasteiger partial charge in [0.25, 0.3) is 15.7 Å². The lowest BCUT2D eigenvalue weighted by Crippen LogP contribution is -2.18. The molecule has 1 N–H and O–H groups in total. The first-order valence-corrected chi connectivity index (χ1v) is 8.70. The summed E-state index contributed by atoms with van der Waals surface area (Å²) in [6.07, 6.45) is 3.23. The highest BCUT2D eigenvalue weighted by atomic mass is 32.2. The second-order valence-electron chi connectivity index (χ2n) is 5.32. The molecule has 0 unspecified atom stereocenters. The number of rotatable bonds is 5. The average Bonchev–Trinajstić information content (AvgIpc) is 2.91. The quantitative estimate of drug-likeness (QED) is 0.429. The van der Waals surface area contributed by atoms with Gasteiger partial charge >= 0.3 is 0 Å². The summed E-state index contributed by atoms with van der Waals surface area (Å²) in [7, 11) is -2.11. The van der Waals surface area contributed by atoms with Gasteiger partial charge in [0.2, 0.25) is 0 Å². The fourth-order valence-corrected chi connectivity index (χ4v) is 3.29. The van der Waals surface area contributed by atoms with E-state index in [-0.39, 0.29) is 10.6 Å². The van der Waals surface area contributed by atoms with Crippen molar-refractivity contribution in [2.45, 2.75) is 4.90 Å². The van der Waals surface area contributed by atoms with Crippen LogP contribution in [0, 0.1) is 10.1 Å². The summed E-state index contributed by atoms with van der Waals surface area (Å²) in [4.78, 5) is 12.0. The number of hydrogen-bond acceptors (Lipinski definition) is 5. The summed E-state index contributed by atoms with van der Waals surface area (Å²) >= 11 is 0. The Labute approximate surface area is 143 Å². The van der Waals surface area contributed by atoms with Crippen molar-refractivity contribution < 1.29 is 13.3 Å². The van der Waals surface area contributed by atoms with Gasteiger partial charge in [-0.1, -0.05) is 24.3 Å². The van der Waals surface area contributed by atoms with Gasteiger partial charge < -0.3 is 4.57 Å². The fraction of sp³-hybridized carbons (Fsp3) is 0.0625. The van der Waals surface area contributed by atoms with Crippen LogP contribution in [0.5, 0.6) is 0 Å². The number of nitro groups is 1. The number of nitro benzene ring substituents is 1. The van der Waals surface area contributed by atoms with Gasteiger partial charge in [-0.3, -0.25) is 10.1 Å². The van der Waals surface area contributed by atoms with E-state index in [9.17, 15) is 18.5 Å². The third-order valence-corrected chi connectivity index (χ3v) is 4.86. The molecule has 0 amide bonds. The van der Waals surface area contributed by atoms with Crippen molar-refractivity contribution >= 4 is 32.8 Å². The molecule has 3 aromatic rings. The van der Waals surface area contributed by atoms with Crippen LogP contribution < -0.4 is 4.83 Å². The van der Waals surface area contributed by atoms with E-state index in [1.54, 1.807) is 0 Å². The number of hydrazone groups is 1. The van der Waals surface area contributed by atoms with Crippen molar-refractivity contribution in [3.05, 3.63) is 70.4 Å². The Bertz CT molecular complexity index is 1090. The number of hydrogen-bond donors (Lipinski definition) is 1. The summed E-state index contributed by atoms with van der Waals surface area (Å²) in [6.45, 7) is 0. The van der Waals surface area contributed by atoms with E-state index in [0.29, 0.717) is 0 Å². The number of non-ortho nitro benzene ring substituents is 1. The van der Waals surface area contributed by atoms with E-state index in [1.165, 1.54) is 24.4 Å². The maximum atomic E-state index is 12.2. The Balaban J connectivity index is 1.85. The molecule has 1 heterocycles. The molecule has 1 aromatic heterocycles. The molecule has 0 fully saturated rings. The molecule has 0 aliphatic rings. The van der Waals surface area contributed by atoms with E-state index in [2.05, 4.69) is 9.93 Å². The predicted molar refractivity (Wildman–Crippen MR) is 93.9 cm³/mol. The molecular weight excluding hydrogens is 344 g/mol. The molecule has 128 valence electrons. The third kappa shape index (κ3) is 3.36. The molecule has 0 radical (unpaired) electrons. The monoisotopic (exact) mass is 358 g/mol. The minimum Gasteiger partial charge on any atom is -0.350 e. The molecule has 0 aliphatic carbocycles. The van der Waals surface area contributed by atoms with Gasteiger partial charge in [0.05, 0.1) is 16.0 Å². The summed E-state index contributed by atoms with van der Waals surface area (Å²) in [5, 5.41) is 15.5. The van der Waals surface area contributed by atoms with Gasteiger partial charge in [-0.15, -0.1) is 0 Å². The Morgan fingerprint density at radius 1 is 1.20 bits per heavy atom. The first-order valence-electron chi connectivity index (χ1n) is 7.22. The van der Waals surface area contributed by atoms with Crippen LogP contribution >= 0.6 is 0 Å². The highest BCUT2D eigenvalue weighted by Crippen LogP contribution is 2.19. The molecule has 0 aliphatic heterocycles. The molecule has 3 rings (SSSR count). The lowest BCUT2D eigenvalue weighted by molar-refractivity contribution is -0.385. The van der Waals surface area contributed by atoms with Crippen LogP contribution in [0.2, 0.25) is 0 Å². The Morgan fingerprint density at radius 2 is 1.96 bits per heavy atom. The smallest absolute Gasteiger partial charge is 0.276 e. The normalized spacial score (nSPS) is 11.9. The standard InChI is InChI=1S/C16H14N4O4S/c1-19-11-12(15-7-2-3-8-16(15)19)10-17-18-25(23,24)14-6-4-5-13(9-14)20(21)22/h2-11,18H,1H3/b17-10+. The second kappa shape index (κ2) is 6.36. The maximum Gasteiger partial charge on any atom is 0.276 e. The minimum absolute atomic E-state index is 0.225. The van der Waals surface area contributed by atoms with Crippen LogP contribution in [-0.2, 0) is 17.1 Å². The molecule has 0 saturated heterocycles. The van der Waals surface area contributed by atoms with Gasteiger partial charge in [-0.2, -0.15) is 13.5 Å². The summed E-state index contributed by atoms with van der Waals surface area (Å²) in [5.41, 5.74) is 1.44. The molecule has 25 heavy (non-hydrogen) atoms. The van der Waals surface area contributed by atoms with E-state index >= 15 is 0 Å². The SMILES string of the molecule is Cn1cc(/C=N/NS(=O)(=O)c2cccc([N+](=O)[O-])c2)c2ccccc21. The number of fused-ring (bicyclic) bond motifs is 1. The molecule has 0 spiro atoms. The summed E-state index contributed by atoms with van der Waals surface area (Å²) in [5.74, 6) is 0. The van der Waals surface area contributed by atoms with E-state index in [0.717, 1.165) is 22.5 Å². The van der Waals surface area contributed by atoms with Crippen molar-refractivity contribution in [2.75, 3.05) is 0 Å². The van der Waals surface area contributed by atoms with Crippen LogP contribution in [0.3, 0.4) is 0 Å². The number of para-hydroxylation sites is 1. The number of sulfonamides is 1. The van der Waals surface area contributed by atoms with Gasteiger partial charge in [-0.25, -0.2) is 4.83 Å². The van der Waals surface area contributed by atoms with E-state index in [4.69, 9.17) is 0 Å². The third-order valence-electron chi connectivity index (χ3n) is 3.64. The van der Waals surface area contributed by atoms with Gasteiger partial charge in [0, 0.05) is 41.8 Å². The molecule has 8 nitrogen and oxygen atoms in total. The molecule has 2 aromatic carbocycles. The highest BCUT2D eigenvalue weighted by molar-refractivity contribution is 7.89. The van der Waals surface area contributed by atoms with E-state index < -0.39 is 14.9 Å². The van der Waals surface area contributed by atoms with Crippen LogP contribution in [0.4, 0.5) is 5.69 Å². The Kier molecular flexibility index (Phi) is 4.24. The average molecular weight is 358 g/mol. The lowest BCUT2D eigenvalue weighted by atomic mass is 10.2. The molecular formula is C16H14N4O4S. The lowest BCUT2D eigenvalue weighted by Gasteiger charge is -2.02. The van der Waals surface area contributed by atoms with Crippen molar-refractivity contribution in [1.29, 1.82) is 0 Å². The summed E-state index contributed by atoms with van der Waals surface area (Å²) < 4.78 is 26.3. The van der Waals surface area contributed by atoms with Gasteiger partial charge in [-0.05, 0) is 12.1 Å². The minimum atomic E-state index is -3.99. The molecule has 0 saturated carbocycles. The first kappa shape index (κ1) is 16.7. The largest absolute Gasteiger partial charge is 0.350 e. The van der Waals surface area contributed by atoms with Crippen LogP contribution in [0.15, 0.2) is 64.7 Å². The molecule has 0 atom stereocenters. The topological polar surface area (TPSA) is 107 Å². The number of nitrogens with zero attached hydrogens (tertiary/aromatic N) is 3. The fourth-order valence-electron chi connectivity index (χ4n) is 2.46. The van der Waals surface area contributed by atoms with Crippen molar-refractivity contribution in [2.24, 2.45) is 12.1 Å². The summed E-state index contributed by atoms with van der Waals surface area (Å²) in [6, 6.07) is 12.4. The first-order chi connectivity index (χ1) is 11.9. The number of aryl methyl sites for hydroxylation is 1. The van der Waals surface area contributed by atoms with Crippen LogP contribution in [-0.4, -0.2) is 24.1 Å². The number of nitrogens with one attached hydrogen (secondary N) is 1. The number of benzene rings is 2. The van der Waals surface area contributed by atoms with Crippen LogP contribution in [0.25, 0.3) is 10.9 Å². The van der Waals surface area contributed by atoms with Gasteiger partial charge in [0.1, 0.15) is 0 Å². The maximum absolute atomic E-state index is 12.2. The zero-order valence-corrected chi connectivity index (χ0v) is 14.0. The van der Waals surface area contributed by atoms with Crippen LogP contribution in [0.1, 0.15) is 5.56 Å². The Morgan fingerprint density at radius 3 is 2.72 bits per heavy atom. The zero-order valence-electron chi connectivity index (χ0n) is 13.2.